The summed E-state index contributed by atoms with van der Waals surface area (Å²) in [5.41, 5.74) is 8.24. The van der Waals surface area contributed by atoms with Crippen LogP contribution in [0.5, 0.6) is 0 Å². The van der Waals surface area contributed by atoms with E-state index in [1.807, 2.05) is 90.1 Å². The Bertz CT molecular complexity index is 1450. The minimum Gasteiger partial charge on any atom is -0.444 e. The number of carbonyl (C=O) groups is 2. The van der Waals surface area contributed by atoms with E-state index in [0.29, 0.717) is 37.6 Å². The summed E-state index contributed by atoms with van der Waals surface area (Å²) in [5, 5.41) is 8.44. The number of amides is 2. The second kappa shape index (κ2) is 15.2. The number of alkyl carbamates (subject to hydrolysis) is 2. The van der Waals surface area contributed by atoms with E-state index in [1.165, 1.54) is 0 Å². The van der Waals surface area contributed by atoms with Gasteiger partial charge in [-0.3, -0.25) is 9.59 Å². The normalized spacial score (nSPS) is 11.2. The third-order valence-electron chi connectivity index (χ3n) is 5.69. The Labute approximate surface area is 253 Å². The van der Waals surface area contributed by atoms with Crippen molar-refractivity contribution in [1.82, 2.24) is 10.6 Å². The topological polar surface area (TPSA) is 152 Å². The molecule has 0 aliphatic rings. The number of nitrogens with two attached hydrogens (primary N) is 1. The monoisotopic (exact) mass is 595 g/mol. The summed E-state index contributed by atoms with van der Waals surface area (Å²) in [7, 11) is 3.45. The van der Waals surface area contributed by atoms with E-state index in [1.54, 1.807) is 19.0 Å². The van der Waals surface area contributed by atoms with Gasteiger partial charge in [0.2, 0.25) is 0 Å². The van der Waals surface area contributed by atoms with Crippen LogP contribution in [-0.4, -0.2) is 37.5 Å². The number of ether oxygens (including phenoxy) is 2. The molecule has 0 saturated heterocycles. The van der Waals surface area contributed by atoms with Gasteiger partial charge in [-0.25, -0.2) is 9.59 Å². The first kappa shape index (κ1) is 34.8. The van der Waals surface area contributed by atoms with Crippen molar-refractivity contribution >= 4 is 23.6 Å². The third-order valence-corrected chi connectivity index (χ3v) is 5.69. The van der Waals surface area contributed by atoms with Gasteiger partial charge >= 0.3 is 12.2 Å². The lowest BCUT2D eigenvalue weighted by Crippen LogP contribution is -2.39. The fourth-order valence-corrected chi connectivity index (χ4v) is 3.85. The highest BCUT2D eigenvalue weighted by atomic mass is 16.6. The van der Waals surface area contributed by atoms with Gasteiger partial charge in [0.1, 0.15) is 22.6 Å². The summed E-state index contributed by atoms with van der Waals surface area (Å²) in [6.45, 7) is 12.6. The Morgan fingerprint density at radius 3 is 1.56 bits per heavy atom. The first-order chi connectivity index (χ1) is 20.0. The van der Waals surface area contributed by atoms with Gasteiger partial charge in [-0.15, -0.1) is 0 Å². The molecule has 234 valence electrons. The molecule has 3 rings (SSSR count). The van der Waals surface area contributed by atoms with Gasteiger partial charge in [0, 0.05) is 40.3 Å². The van der Waals surface area contributed by atoms with E-state index in [4.69, 9.17) is 15.2 Å². The highest BCUT2D eigenvalue weighted by Crippen LogP contribution is 2.18. The zero-order valence-electron chi connectivity index (χ0n) is 26.4. The predicted molar refractivity (Wildman–Crippen MR) is 170 cm³/mol. The first-order valence-corrected chi connectivity index (χ1v) is 14.0. The maximum atomic E-state index is 11.7. The number of hydrogen-bond acceptors (Lipinski definition) is 9. The maximum Gasteiger partial charge on any atom is 0.407 e. The van der Waals surface area contributed by atoms with E-state index in [2.05, 4.69) is 16.0 Å². The second-order valence-corrected chi connectivity index (χ2v) is 12.2. The number of anilines is 2. The quantitative estimate of drug-likeness (QED) is 0.267. The molecule has 0 saturated carbocycles. The van der Waals surface area contributed by atoms with Crippen LogP contribution in [0.1, 0.15) is 63.8 Å². The van der Waals surface area contributed by atoms with Crippen LogP contribution in [0.15, 0.2) is 58.1 Å². The van der Waals surface area contributed by atoms with Gasteiger partial charge in [0.25, 0.3) is 10.9 Å². The molecule has 3 aromatic rings. The van der Waals surface area contributed by atoms with Crippen LogP contribution in [0.4, 0.5) is 21.0 Å². The average molecular weight is 596 g/mol. The minimum absolute atomic E-state index is 0.339. The fraction of sp³-hybridized carbons (Fsp3) is 0.438. The van der Waals surface area contributed by atoms with Gasteiger partial charge in [-0.1, -0.05) is 48.5 Å². The zero-order chi connectivity index (χ0) is 32.4. The molecule has 0 radical (unpaired) electrons. The van der Waals surface area contributed by atoms with Gasteiger partial charge in [0.05, 0.1) is 0 Å². The molecule has 2 amide bonds. The number of benzene rings is 2. The third kappa shape index (κ3) is 12.2. The van der Waals surface area contributed by atoms with Gasteiger partial charge in [0.15, 0.2) is 0 Å². The lowest BCUT2D eigenvalue weighted by Gasteiger charge is -2.20. The van der Waals surface area contributed by atoms with Crippen molar-refractivity contribution in [3.63, 3.8) is 0 Å². The van der Waals surface area contributed by atoms with Crippen molar-refractivity contribution < 1.29 is 19.1 Å². The molecule has 0 heterocycles. The molecule has 0 spiro atoms. The molecule has 0 atom stereocenters. The van der Waals surface area contributed by atoms with E-state index >= 15 is 0 Å². The van der Waals surface area contributed by atoms with Crippen LogP contribution in [0, 0.1) is 0 Å². The van der Waals surface area contributed by atoms with E-state index in [0.717, 1.165) is 22.3 Å². The average Bonchev–Trinajstić information content (AvgIpc) is 2.91. The smallest absolute Gasteiger partial charge is 0.407 e. The summed E-state index contributed by atoms with van der Waals surface area (Å²) < 4.78 is 10.3. The SMILES string of the molecule is CC(C)(C)OC(=O)NCc1cccc(CN)c1.CN(C)c1c(NCc2cccc(CNC(=O)OC(C)(C)C)c2)c(=O)c1=O. The van der Waals surface area contributed by atoms with Crippen molar-refractivity contribution in [2.45, 2.75) is 78.9 Å². The van der Waals surface area contributed by atoms with Crippen molar-refractivity contribution in [2.24, 2.45) is 5.73 Å². The number of carbonyl (C=O) groups excluding carboxylic acids is 2. The highest BCUT2D eigenvalue weighted by Gasteiger charge is 2.22. The summed E-state index contributed by atoms with van der Waals surface area (Å²) in [5.74, 6) is 0. The molecule has 0 unspecified atom stereocenters. The van der Waals surface area contributed by atoms with Crippen LogP contribution in [-0.2, 0) is 35.7 Å². The minimum atomic E-state index is -0.541. The zero-order valence-corrected chi connectivity index (χ0v) is 26.4. The van der Waals surface area contributed by atoms with Crippen LogP contribution in [0.3, 0.4) is 0 Å². The fourth-order valence-electron chi connectivity index (χ4n) is 3.85. The first-order valence-electron chi connectivity index (χ1n) is 14.0. The van der Waals surface area contributed by atoms with Crippen LogP contribution < -0.4 is 37.4 Å². The number of rotatable bonds is 9. The molecule has 11 nitrogen and oxygen atoms in total. The molecule has 43 heavy (non-hydrogen) atoms. The Morgan fingerprint density at radius 1 is 0.721 bits per heavy atom. The second-order valence-electron chi connectivity index (χ2n) is 12.2. The molecule has 0 aliphatic heterocycles. The Morgan fingerprint density at radius 2 is 1.14 bits per heavy atom. The Hall–Kier alpha value is -4.38. The van der Waals surface area contributed by atoms with Gasteiger partial charge in [-0.05, 0) is 63.8 Å². The van der Waals surface area contributed by atoms with Crippen molar-refractivity contribution in [2.75, 3.05) is 24.3 Å². The Balaban J connectivity index is 0.000000329. The van der Waals surface area contributed by atoms with E-state index in [-0.39, 0.29) is 0 Å². The standard InChI is InChI=1S/C19H25N3O4.C13H20N2O2/c1-19(2,3)26-18(25)21-11-13-8-6-7-12(9-13)10-20-14-15(22(4)5)17(24)16(14)23;1-13(2,3)17-12(16)15-9-11-6-4-5-10(7-11)8-14/h6-9,20H,10-11H2,1-5H3,(H,21,25);4-7H,8-9,14H2,1-3H3,(H,15,16). The molecular formula is C32H45N5O6. The molecule has 0 aliphatic carbocycles. The summed E-state index contributed by atoms with van der Waals surface area (Å²) in [4.78, 5) is 48.1. The molecule has 0 aromatic heterocycles. The van der Waals surface area contributed by atoms with Crippen LogP contribution in [0.2, 0.25) is 0 Å². The lowest BCUT2D eigenvalue weighted by atomic mass is 10.1. The van der Waals surface area contributed by atoms with Gasteiger partial charge < -0.3 is 36.1 Å². The molecule has 0 fully saturated rings. The summed E-state index contributed by atoms with van der Waals surface area (Å²) >= 11 is 0. The summed E-state index contributed by atoms with van der Waals surface area (Å²) in [6.07, 6.45) is -0.879. The molecule has 3 aromatic carbocycles. The number of hydrogen-bond donors (Lipinski definition) is 4. The van der Waals surface area contributed by atoms with E-state index in [9.17, 15) is 19.2 Å². The molecule has 11 heteroatoms. The lowest BCUT2D eigenvalue weighted by molar-refractivity contribution is 0.0512. The molecule has 0 bridgehead atoms. The maximum absolute atomic E-state index is 11.7. The summed E-state index contributed by atoms with van der Waals surface area (Å²) in [6, 6.07) is 15.4. The highest BCUT2D eigenvalue weighted by molar-refractivity contribution is 5.74. The van der Waals surface area contributed by atoms with Crippen molar-refractivity contribution in [3.8, 4) is 0 Å². The molecule has 5 N–H and O–H groups in total. The predicted octanol–water partition coefficient (Wildman–Crippen LogP) is 4.16. The number of nitrogens with one attached hydrogen (secondary N) is 3. The largest absolute Gasteiger partial charge is 0.444 e. The Kier molecular flexibility index (Phi) is 12.3. The molecular weight excluding hydrogens is 550 g/mol. The van der Waals surface area contributed by atoms with Crippen LogP contribution >= 0.6 is 0 Å². The number of nitrogens with zero attached hydrogens (tertiary/aromatic N) is 1. The van der Waals surface area contributed by atoms with E-state index < -0.39 is 34.2 Å². The van der Waals surface area contributed by atoms with Gasteiger partial charge in [-0.2, -0.15) is 0 Å². The van der Waals surface area contributed by atoms with Crippen LogP contribution in [0.25, 0.3) is 0 Å². The van der Waals surface area contributed by atoms with Crippen molar-refractivity contribution in [1.29, 1.82) is 0 Å². The van der Waals surface area contributed by atoms with Crippen molar-refractivity contribution in [3.05, 3.63) is 91.2 Å².